The minimum Gasteiger partial charge on any atom is -0.493 e. The van der Waals surface area contributed by atoms with Crippen LogP contribution in [0.2, 0.25) is 0 Å². The number of H-pyrrole nitrogens is 1. The number of benzene rings is 2. The zero-order valence-electron chi connectivity index (χ0n) is 21.4. The smallest absolute Gasteiger partial charge is 0.350 e. The van der Waals surface area contributed by atoms with E-state index in [9.17, 15) is 4.79 Å². The van der Waals surface area contributed by atoms with Crippen LogP contribution in [-0.4, -0.2) is 55.2 Å². The van der Waals surface area contributed by atoms with Crippen molar-refractivity contribution in [2.75, 3.05) is 25.6 Å². The van der Waals surface area contributed by atoms with Gasteiger partial charge in [-0.1, -0.05) is 5.16 Å². The Morgan fingerprint density at radius 2 is 1.88 bits per heavy atom. The summed E-state index contributed by atoms with van der Waals surface area (Å²) in [6.45, 7) is 2.32. The maximum Gasteiger partial charge on any atom is 0.350 e. The van der Waals surface area contributed by atoms with Crippen molar-refractivity contribution in [1.82, 2.24) is 34.9 Å². The molecule has 0 fully saturated rings. The summed E-state index contributed by atoms with van der Waals surface area (Å²) in [5.74, 6) is 0.738. The fourth-order valence-corrected chi connectivity index (χ4v) is 4.25. The van der Waals surface area contributed by atoms with Crippen LogP contribution in [-0.2, 0) is 0 Å². The number of nitrogens with one attached hydrogen (secondary N) is 2. The molecule has 5 aromatic rings. The van der Waals surface area contributed by atoms with Gasteiger partial charge in [-0.3, -0.25) is 4.98 Å². The minimum absolute atomic E-state index is 0.0604. The van der Waals surface area contributed by atoms with Gasteiger partial charge >= 0.3 is 5.69 Å². The summed E-state index contributed by atoms with van der Waals surface area (Å²) in [7, 11) is 1.45. The molecule has 0 spiro atoms. The molecule has 1 aliphatic heterocycles. The summed E-state index contributed by atoms with van der Waals surface area (Å²) in [5, 5.41) is 11.6. The quantitative estimate of drug-likeness (QED) is 0.309. The number of halogens is 1. The van der Waals surface area contributed by atoms with Crippen molar-refractivity contribution >= 4 is 5.69 Å². The van der Waals surface area contributed by atoms with Gasteiger partial charge in [0.25, 0.3) is 5.95 Å². The second-order valence-electron chi connectivity index (χ2n) is 8.76. The summed E-state index contributed by atoms with van der Waals surface area (Å²) in [4.78, 5) is 28.0. The van der Waals surface area contributed by atoms with Crippen molar-refractivity contribution in [1.29, 1.82) is 0 Å². The van der Waals surface area contributed by atoms with Gasteiger partial charge in [0.2, 0.25) is 23.2 Å². The minimum atomic E-state index is -0.998. The van der Waals surface area contributed by atoms with Crippen LogP contribution in [0.5, 0.6) is 17.2 Å². The molecule has 204 valence electrons. The normalized spacial score (nSPS) is 13.5. The first-order valence-corrected chi connectivity index (χ1v) is 12.3. The molecule has 2 N–H and O–H groups in total. The maximum absolute atomic E-state index is 16.1. The average molecular weight is 547 g/mol. The second kappa shape index (κ2) is 10.5. The van der Waals surface area contributed by atoms with Crippen molar-refractivity contribution in [3.8, 4) is 34.6 Å². The van der Waals surface area contributed by atoms with E-state index >= 15 is 4.39 Å². The fourth-order valence-electron chi connectivity index (χ4n) is 4.25. The highest BCUT2D eigenvalue weighted by Crippen LogP contribution is 2.45. The van der Waals surface area contributed by atoms with E-state index in [0.29, 0.717) is 30.4 Å². The van der Waals surface area contributed by atoms with Crippen molar-refractivity contribution in [3.05, 3.63) is 82.4 Å². The highest BCUT2D eigenvalue weighted by atomic mass is 19.1. The van der Waals surface area contributed by atoms with Crippen LogP contribution in [0.15, 0.2) is 58.1 Å². The largest absolute Gasteiger partial charge is 0.493 e. The van der Waals surface area contributed by atoms with Crippen molar-refractivity contribution in [2.45, 2.75) is 19.4 Å². The summed E-state index contributed by atoms with van der Waals surface area (Å²) in [5.41, 5.74) is 0.818. The Labute approximate surface area is 226 Å². The number of ether oxygens (including phenoxy) is 3. The summed E-state index contributed by atoms with van der Waals surface area (Å²) >= 11 is 0. The lowest BCUT2D eigenvalue weighted by atomic mass is 10.0. The number of aromatic amines is 1. The molecule has 1 unspecified atom stereocenters. The van der Waals surface area contributed by atoms with E-state index in [2.05, 4.69) is 35.5 Å². The van der Waals surface area contributed by atoms with Gasteiger partial charge in [0, 0.05) is 42.6 Å². The number of rotatable bonds is 7. The fraction of sp³-hybridized carbons (Fsp3) is 0.231. The molecule has 13 nitrogen and oxygen atoms in total. The van der Waals surface area contributed by atoms with E-state index in [1.54, 1.807) is 37.3 Å². The van der Waals surface area contributed by atoms with Crippen LogP contribution in [0.3, 0.4) is 0 Å². The van der Waals surface area contributed by atoms with E-state index in [0.717, 1.165) is 10.2 Å². The lowest BCUT2D eigenvalue weighted by Gasteiger charge is -2.22. The van der Waals surface area contributed by atoms with Gasteiger partial charge in [-0.15, -0.1) is 9.78 Å². The third-order valence-electron chi connectivity index (χ3n) is 6.11. The molecular formula is C26H23FN8O5. The SMILES string of the molecule is COc1cc(C(Nc2ccc(-c3noc(C)n3)cc2)c2nn(-c3ncccn3)c(=O)[nH]2)c(F)c2c1OCCCO2. The molecule has 1 atom stereocenters. The van der Waals surface area contributed by atoms with Crippen LogP contribution >= 0.6 is 0 Å². The van der Waals surface area contributed by atoms with E-state index < -0.39 is 17.5 Å². The predicted molar refractivity (Wildman–Crippen MR) is 138 cm³/mol. The van der Waals surface area contributed by atoms with E-state index in [1.807, 2.05) is 0 Å². The Balaban J connectivity index is 1.45. The van der Waals surface area contributed by atoms with Crippen molar-refractivity contribution in [2.24, 2.45) is 0 Å². The number of anilines is 1. The van der Waals surface area contributed by atoms with Crippen LogP contribution < -0.4 is 25.2 Å². The molecule has 3 aromatic heterocycles. The van der Waals surface area contributed by atoms with Crippen LogP contribution in [0.4, 0.5) is 10.1 Å². The Hall–Kier alpha value is -5.27. The lowest BCUT2D eigenvalue weighted by molar-refractivity contribution is 0.288. The number of fused-ring (bicyclic) bond motifs is 1. The molecule has 1 aliphatic rings. The Morgan fingerprint density at radius 3 is 2.58 bits per heavy atom. The number of hydrogen-bond acceptors (Lipinski definition) is 11. The molecular weight excluding hydrogens is 523 g/mol. The van der Waals surface area contributed by atoms with Gasteiger partial charge < -0.3 is 24.1 Å². The van der Waals surface area contributed by atoms with Crippen molar-refractivity contribution < 1.29 is 23.1 Å². The van der Waals surface area contributed by atoms with E-state index in [1.165, 1.54) is 25.6 Å². The highest BCUT2D eigenvalue weighted by molar-refractivity contribution is 5.61. The molecule has 0 saturated heterocycles. The molecule has 14 heteroatoms. The zero-order valence-corrected chi connectivity index (χ0v) is 21.4. The first-order chi connectivity index (χ1) is 19.5. The molecule has 6 rings (SSSR count). The first-order valence-electron chi connectivity index (χ1n) is 12.3. The highest BCUT2D eigenvalue weighted by Gasteiger charge is 2.31. The molecule has 0 bridgehead atoms. The van der Waals surface area contributed by atoms with Gasteiger partial charge in [-0.2, -0.15) is 4.98 Å². The van der Waals surface area contributed by atoms with Crippen LogP contribution in [0, 0.1) is 12.7 Å². The standard InChI is InChI=1S/C26H23FN8O5/c1-14-30-23(34-40-14)15-5-7-16(8-6-15)31-20(24-32-26(36)35(33-24)25-28-9-3-10-29-25)17-13-18(37-2)21-22(19(17)27)39-12-4-11-38-21/h3,5-10,13,20,31H,4,11-12H2,1-2H3,(H,32,33,36). The zero-order chi connectivity index (χ0) is 27.6. The third-order valence-corrected chi connectivity index (χ3v) is 6.11. The summed E-state index contributed by atoms with van der Waals surface area (Å²) < 4.78 is 39.2. The summed E-state index contributed by atoms with van der Waals surface area (Å²) in [6.07, 6.45) is 3.55. The van der Waals surface area contributed by atoms with E-state index in [-0.39, 0.29) is 41.2 Å². The molecule has 0 saturated carbocycles. The number of aryl methyl sites for hydroxylation is 1. The molecule has 0 amide bonds. The molecule has 2 aromatic carbocycles. The first kappa shape index (κ1) is 25.0. The maximum atomic E-state index is 16.1. The Morgan fingerprint density at radius 1 is 1.12 bits per heavy atom. The van der Waals surface area contributed by atoms with Crippen LogP contribution in [0.25, 0.3) is 17.3 Å². The lowest BCUT2D eigenvalue weighted by Crippen LogP contribution is -2.18. The van der Waals surface area contributed by atoms with Gasteiger partial charge in [0.1, 0.15) is 6.04 Å². The topological polar surface area (TPSA) is 155 Å². The van der Waals surface area contributed by atoms with Crippen molar-refractivity contribution in [3.63, 3.8) is 0 Å². The average Bonchev–Trinajstić information content (AvgIpc) is 3.49. The van der Waals surface area contributed by atoms with Crippen LogP contribution in [0.1, 0.15) is 29.7 Å². The van der Waals surface area contributed by atoms with Gasteiger partial charge in [-0.05, 0) is 36.4 Å². The van der Waals surface area contributed by atoms with Gasteiger partial charge in [-0.25, -0.2) is 19.2 Å². The summed E-state index contributed by atoms with van der Waals surface area (Å²) in [6, 6.07) is 9.21. The molecule has 4 heterocycles. The number of nitrogens with zero attached hydrogens (tertiary/aromatic N) is 6. The van der Waals surface area contributed by atoms with Gasteiger partial charge in [0.15, 0.2) is 17.4 Å². The molecule has 0 radical (unpaired) electrons. The Bertz CT molecular complexity index is 1700. The monoisotopic (exact) mass is 546 g/mol. The third kappa shape index (κ3) is 4.70. The number of methoxy groups -OCH3 is 1. The second-order valence-corrected chi connectivity index (χ2v) is 8.76. The molecule has 0 aliphatic carbocycles. The van der Waals surface area contributed by atoms with Gasteiger partial charge in [0.05, 0.1) is 20.3 Å². The molecule has 40 heavy (non-hydrogen) atoms. The predicted octanol–water partition coefficient (Wildman–Crippen LogP) is 3.22. The number of hydrogen-bond donors (Lipinski definition) is 2. The number of aromatic nitrogens is 7. The Kier molecular flexibility index (Phi) is 6.56. The van der Waals surface area contributed by atoms with E-state index in [4.69, 9.17) is 18.7 Å².